The molecule has 0 saturated carbocycles. The van der Waals surface area contributed by atoms with Crippen molar-refractivity contribution in [2.75, 3.05) is 13.7 Å². The molecule has 1 rings (SSSR count). The van der Waals surface area contributed by atoms with Crippen molar-refractivity contribution in [3.8, 4) is 0 Å². The maximum Gasteiger partial charge on any atom is 0.310 e. The number of hydrogen-bond acceptors (Lipinski definition) is 2. The Morgan fingerprint density at radius 1 is 1.40 bits per heavy atom. The van der Waals surface area contributed by atoms with Crippen molar-refractivity contribution in [1.82, 2.24) is 0 Å². The maximum atomic E-state index is 10.7. The number of benzene rings is 1. The number of hydrogen-bond donors (Lipinski definition) is 1. The average Bonchev–Trinajstić information content (AvgIpc) is 2.26. The predicted molar refractivity (Wildman–Crippen MR) is 58.1 cm³/mol. The molecule has 0 heterocycles. The molecule has 0 spiro atoms. The van der Waals surface area contributed by atoms with Gasteiger partial charge in [-0.25, -0.2) is 0 Å². The number of ether oxygens (including phenoxy) is 1. The topological polar surface area (TPSA) is 46.5 Å². The Balaban J connectivity index is 2.67. The first-order chi connectivity index (χ1) is 7.15. The Bertz CT molecular complexity index is 316. The smallest absolute Gasteiger partial charge is 0.310 e. The second-order valence-corrected chi connectivity index (χ2v) is 3.54. The summed E-state index contributed by atoms with van der Waals surface area (Å²) in [6, 6.07) is 7.63. The number of carboxylic acid groups (broad SMARTS) is 1. The Morgan fingerprint density at radius 3 is 2.47 bits per heavy atom. The van der Waals surface area contributed by atoms with E-state index < -0.39 is 11.9 Å². The summed E-state index contributed by atoms with van der Waals surface area (Å²) in [6.07, 6.45) is 0.859. The first-order valence-electron chi connectivity index (χ1n) is 4.95. The van der Waals surface area contributed by atoms with Crippen LogP contribution in [0.2, 0.25) is 0 Å². The molecule has 1 aromatic rings. The average molecular weight is 208 g/mol. The van der Waals surface area contributed by atoms with Gasteiger partial charge in [0.2, 0.25) is 0 Å². The van der Waals surface area contributed by atoms with Crippen LogP contribution in [0.25, 0.3) is 0 Å². The molecule has 0 saturated heterocycles. The van der Waals surface area contributed by atoms with Crippen LogP contribution in [0.4, 0.5) is 0 Å². The third-order valence-electron chi connectivity index (χ3n) is 2.45. The van der Waals surface area contributed by atoms with Crippen LogP contribution in [0.3, 0.4) is 0 Å². The zero-order valence-corrected chi connectivity index (χ0v) is 9.06. The number of rotatable bonds is 5. The van der Waals surface area contributed by atoms with Gasteiger partial charge in [-0.05, 0) is 24.5 Å². The van der Waals surface area contributed by atoms with Crippen LogP contribution in [0, 0.1) is 0 Å². The monoisotopic (exact) mass is 208 g/mol. The van der Waals surface area contributed by atoms with E-state index >= 15 is 0 Å². The van der Waals surface area contributed by atoms with E-state index in [-0.39, 0.29) is 0 Å². The Kier molecular flexibility index (Phi) is 4.31. The van der Waals surface area contributed by atoms with E-state index in [4.69, 9.17) is 9.84 Å². The van der Waals surface area contributed by atoms with E-state index in [0.717, 1.165) is 17.5 Å². The van der Waals surface area contributed by atoms with Crippen molar-refractivity contribution in [2.24, 2.45) is 0 Å². The van der Waals surface area contributed by atoms with Crippen molar-refractivity contribution in [2.45, 2.75) is 19.3 Å². The number of carboxylic acids is 1. The van der Waals surface area contributed by atoms with Crippen LogP contribution >= 0.6 is 0 Å². The fraction of sp³-hybridized carbons (Fsp3) is 0.417. The summed E-state index contributed by atoms with van der Waals surface area (Å²) < 4.78 is 4.97. The van der Waals surface area contributed by atoms with Crippen molar-refractivity contribution < 1.29 is 14.6 Å². The Morgan fingerprint density at radius 2 is 2.00 bits per heavy atom. The summed E-state index contributed by atoms with van der Waals surface area (Å²) in [5.74, 6) is -1.24. The van der Waals surface area contributed by atoms with Gasteiger partial charge in [-0.2, -0.15) is 0 Å². The second kappa shape index (κ2) is 5.51. The van der Waals surface area contributed by atoms with Crippen LogP contribution in [0.1, 0.15) is 24.0 Å². The lowest BCUT2D eigenvalue weighted by Crippen LogP contribution is -2.07. The minimum atomic E-state index is -0.792. The zero-order chi connectivity index (χ0) is 11.3. The fourth-order valence-corrected chi connectivity index (χ4v) is 1.34. The summed E-state index contributed by atoms with van der Waals surface area (Å²) in [5.41, 5.74) is 2.00. The number of aliphatic carboxylic acids is 1. The van der Waals surface area contributed by atoms with E-state index in [0.29, 0.717) is 6.61 Å². The van der Waals surface area contributed by atoms with Crippen molar-refractivity contribution in [3.63, 3.8) is 0 Å². The number of methoxy groups -OCH3 is 1. The summed E-state index contributed by atoms with van der Waals surface area (Å²) >= 11 is 0. The highest BCUT2D eigenvalue weighted by Crippen LogP contribution is 2.16. The van der Waals surface area contributed by atoms with E-state index in [9.17, 15) is 4.79 Å². The summed E-state index contributed by atoms with van der Waals surface area (Å²) in [7, 11) is 1.67. The minimum absolute atomic E-state index is 0.443. The summed E-state index contributed by atoms with van der Waals surface area (Å²) in [6.45, 7) is 2.38. The molecule has 3 nitrogen and oxygen atoms in total. The van der Waals surface area contributed by atoms with Gasteiger partial charge >= 0.3 is 5.97 Å². The van der Waals surface area contributed by atoms with Gasteiger partial charge < -0.3 is 9.84 Å². The van der Waals surface area contributed by atoms with Gasteiger partial charge in [-0.15, -0.1) is 0 Å². The third-order valence-corrected chi connectivity index (χ3v) is 2.45. The van der Waals surface area contributed by atoms with E-state index in [1.54, 1.807) is 14.0 Å². The molecular weight excluding hydrogens is 192 g/mol. The number of carbonyl (C=O) groups is 1. The first kappa shape index (κ1) is 11.7. The lowest BCUT2D eigenvalue weighted by molar-refractivity contribution is -0.138. The van der Waals surface area contributed by atoms with Gasteiger partial charge in [-0.1, -0.05) is 24.3 Å². The van der Waals surface area contributed by atoms with Crippen molar-refractivity contribution in [3.05, 3.63) is 35.4 Å². The van der Waals surface area contributed by atoms with Crippen LogP contribution in [-0.4, -0.2) is 24.8 Å². The van der Waals surface area contributed by atoms with Crippen molar-refractivity contribution >= 4 is 5.97 Å². The van der Waals surface area contributed by atoms with Gasteiger partial charge in [0.05, 0.1) is 12.5 Å². The van der Waals surface area contributed by atoms with E-state index in [2.05, 4.69) is 0 Å². The lowest BCUT2D eigenvalue weighted by atomic mass is 9.99. The molecule has 15 heavy (non-hydrogen) atoms. The molecule has 3 heteroatoms. The molecule has 0 aliphatic rings. The van der Waals surface area contributed by atoms with Crippen LogP contribution < -0.4 is 0 Å². The standard InChI is InChI=1S/C12H16O3/c1-9(12(13)14)11-5-3-10(4-6-11)7-8-15-2/h3-6,9H,7-8H2,1-2H3,(H,13,14). The van der Waals surface area contributed by atoms with Gasteiger partial charge in [0.15, 0.2) is 0 Å². The normalized spacial score (nSPS) is 12.4. The molecule has 82 valence electrons. The molecule has 0 bridgehead atoms. The first-order valence-corrected chi connectivity index (χ1v) is 4.95. The molecule has 0 radical (unpaired) electrons. The highest BCUT2D eigenvalue weighted by atomic mass is 16.5. The van der Waals surface area contributed by atoms with E-state index in [1.807, 2.05) is 24.3 Å². The summed E-state index contributed by atoms with van der Waals surface area (Å²) in [5, 5.41) is 8.83. The lowest BCUT2D eigenvalue weighted by Gasteiger charge is -2.07. The van der Waals surface area contributed by atoms with Gasteiger partial charge in [0, 0.05) is 7.11 Å². The fourth-order valence-electron chi connectivity index (χ4n) is 1.34. The second-order valence-electron chi connectivity index (χ2n) is 3.54. The highest BCUT2D eigenvalue weighted by Gasteiger charge is 2.12. The van der Waals surface area contributed by atoms with Gasteiger partial charge in [0.25, 0.3) is 0 Å². The van der Waals surface area contributed by atoms with Gasteiger partial charge in [0.1, 0.15) is 0 Å². The van der Waals surface area contributed by atoms with Crippen LogP contribution in [0.15, 0.2) is 24.3 Å². The minimum Gasteiger partial charge on any atom is -0.481 e. The van der Waals surface area contributed by atoms with Crippen LogP contribution in [0.5, 0.6) is 0 Å². The maximum absolute atomic E-state index is 10.7. The highest BCUT2D eigenvalue weighted by molar-refractivity contribution is 5.75. The third kappa shape index (κ3) is 3.36. The molecule has 0 amide bonds. The molecule has 1 unspecified atom stereocenters. The summed E-state index contributed by atoms with van der Waals surface area (Å²) in [4.78, 5) is 10.7. The molecule has 1 aromatic carbocycles. The SMILES string of the molecule is COCCc1ccc(C(C)C(=O)O)cc1. The quantitative estimate of drug-likeness (QED) is 0.805. The Labute approximate surface area is 89.7 Å². The molecule has 1 atom stereocenters. The van der Waals surface area contributed by atoms with Crippen LogP contribution in [-0.2, 0) is 16.0 Å². The van der Waals surface area contributed by atoms with Crippen molar-refractivity contribution in [1.29, 1.82) is 0 Å². The van der Waals surface area contributed by atoms with E-state index in [1.165, 1.54) is 0 Å². The molecular formula is C12H16O3. The molecule has 0 aliphatic carbocycles. The largest absolute Gasteiger partial charge is 0.481 e. The molecule has 1 N–H and O–H groups in total. The molecule has 0 aliphatic heterocycles. The van der Waals surface area contributed by atoms with Gasteiger partial charge in [-0.3, -0.25) is 4.79 Å². The molecule has 0 aromatic heterocycles. The predicted octanol–water partition coefficient (Wildman–Crippen LogP) is 2.06. The zero-order valence-electron chi connectivity index (χ0n) is 9.06. The Hall–Kier alpha value is -1.35. The molecule has 0 fully saturated rings.